The van der Waals surface area contributed by atoms with Crippen molar-refractivity contribution in [2.75, 3.05) is 5.75 Å². The molecule has 1 fully saturated rings. The molecular formula is C18H19FN2O3S. The van der Waals surface area contributed by atoms with Crippen molar-refractivity contribution in [3.05, 3.63) is 46.9 Å². The van der Waals surface area contributed by atoms with Gasteiger partial charge in [0.25, 0.3) is 0 Å². The normalized spacial score (nSPS) is 20.5. The molecule has 0 unspecified atom stereocenters. The van der Waals surface area contributed by atoms with Crippen molar-refractivity contribution in [3.8, 4) is 0 Å². The Morgan fingerprint density at radius 1 is 1.36 bits per heavy atom. The Morgan fingerprint density at radius 2 is 2.04 bits per heavy atom. The Labute approximate surface area is 149 Å². The number of halogens is 1. The van der Waals surface area contributed by atoms with Crippen molar-refractivity contribution in [1.29, 1.82) is 0 Å². The third kappa shape index (κ3) is 3.46. The molecule has 7 heteroatoms. The lowest BCUT2D eigenvalue weighted by atomic mass is 9.94. The van der Waals surface area contributed by atoms with E-state index in [1.54, 1.807) is 32.9 Å². The number of amidine groups is 1. The van der Waals surface area contributed by atoms with E-state index in [0.717, 1.165) is 0 Å². The fraction of sp³-hybridized carbons (Fsp3) is 0.389. The average Bonchev–Trinajstić information content (AvgIpc) is 2.53. The fourth-order valence-electron chi connectivity index (χ4n) is 2.90. The topological polar surface area (TPSA) is 59.0 Å². The minimum Gasteiger partial charge on any atom is -0.459 e. The van der Waals surface area contributed by atoms with Gasteiger partial charge >= 0.3 is 5.97 Å². The van der Waals surface area contributed by atoms with Crippen LogP contribution in [0.1, 0.15) is 38.8 Å². The number of rotatable bonds is 3. The Morgan fingerprint density at radius 3 is 2.68 bits per heavy atom. The van der Waals surface area contributed by atoms with E-state index in [0.29, 0.717) is 34.2 Å². The number of esters is 1. The van der Waals surface area contributed by atoms with Crippen molar-refractivity contribution in [1.82, 2.24) is 4.90 Å². The Hall–Kier alpha value is -2.15. The van der Waals surface area contributed by atoms with Gasteiger partial charge in [0.15, 0.2) is 5.17 Å². The van der Waals surface area contributed by atoms with Gasteiger partial charge in [0.2, 0.25) is 5.91 Å². The molecule has 2 heterocycles. The minimum atomic E-state index is -0.653. The summed E-state index contributed by atoms with van der Waals surface area (Å²) in [5.41, 5.74) is 1.49. The summed E-state index contributed by atoms with van der Waals surface area (Å²) < 4.78 is 18.7. The second-order valence-corrected chi connectivity index (χ2v) is 7.23. The standard InChI is InChI=1S/C18H19FN2O3S/c1-10(2)24-17(23)15-11(3)20-18-21(14(22)8-9-25-18)16(15)12-4-6-13(19)7-5-12/h4-7,10,16H,8-9H2,1-3H3/t16-/m0/s1. The molecule has 1 aromatic rings. The highest BCUT2D eigenvalue weighted by atomic mass is 32.2. The lowest BCUT2D eigenvalue weighted by molar-refractivity contribution is -0.143. The first-order valence-corrected chi connectivity index (χ1v) is 9.08. The molecule has 0 radical (unpaired) electrons. The van der Waals surface area contributed by atoms with Crippen LogP contribution < -0.4 is 0 Å². The van der Waals surface area contributed by atoms with Crippen molar-refractivity contribution in [2.24, 2.45) is 4.99 Å². The Balaban J connectivity index is 2.12. The highest BCUT2D eigenvalue weighted by Crippen LogP contribution is 2.40. The fourth-order valence-corrected chi connectivity index (χ4v) is 3.90. The number of carbonyl (C=O) groups excluding carboxylic acids is 2. The second-order valence-electron chi connectivity index (χ2n) is 6.16. The summed E-state index contributed by atoms with van der Waals surface area (Å²) in [6.07, 6.45) is 0.0749. The van der Waals surface area contributed by atoms with Crippen LogP contribution in [0.5, 0.6) is 0 Å². The molecule has 5 nitrogen and oxygen atoms in total. The third-order valence-corrected chi connectivity index (χ3v) is 4.91. The monoisotopic (exact) mass is 362 g/mol. The lowest BCUT2D eigenvalue weighted by Crippen LogP contribution is -2.46. The molecule has 1 amide bonds. The van der Waals surface area contributed by atoms with Gasteiger partial charge in [0.1, 0.15) is 5.82 Å². The number of thioether (sulfide) groups is 1. The third-order valence-electron chi connectivity index (χ3n) is 3.96. The molecule has 0 saturated carbocycles. The predicted molar refractivity (Wildman–Crippen MR) is 94.4 cm³/mol. The minimum absolute atomic E-state index is 0.103. The SMILES string of the molecule is CC1=C(C(=O)OC(C)C)[C@H](c2ccc(F)cc2)N2C(=O)CCSC2=N1. The van der Waals surface area contributed by atoms with Crippen molar-refractivity contribution < 1.29 is 18.7 Å². The zero-order chi connectivity index (χ0) is 18.1. The number of hydrogen-bond donors (Lipinski definition) is 0. The first-order chi connectivity index (χ1) is 11.9. The number of aliphatic imine (C=N–C) groups is 1. The number of amides is 1. The van der Waals surface area contributed by atoms with Crippen LogP contribution in [0, 0.1) is 5.82 Å². The van der Waals surface area contributed by atoms with Crippen LogP contribution in [-0.4, -0.2) is 33.8 Å². The van der Waals surface area contributed by atoms with Crippen molar-refractivity contribution in [3.63, 3.8) is 0 Å². The highest BCUT2D eigenvalue weighted by molar-refractivity contribution is 8.14. The van der Waals surface area contributed by atoms with Gasteiger partial charge in [-0.25, -0.2) is 14.2 Å². The zero-order valence-corrected chi connectivity index (χ0v) is 15.1. The average molecular weight is 362 g/mol. The molecule has 1 saturated heterocycles. The van der Waals surface area contributed by atoms with Gasteiger partial charge < -0.3 is 4.74 Å². The number of allylic oxidation sites excluding steroid dienone is 1. The number of hydrogen-bond acceptors (Lipinski definition) is 5. The summed E-state index contributed by atoms with van der Waals surface area (Å²) in [6.45, 7) is 5.26. The molecule has 2 aliphatic heterocycles. The molecule has 2 aliphatic rings. The summed E-state index contributed by atoms with van der Waals surface area (Å²) in [4.78, 5) is 31.2. The van der Waals surface area contributed by atoms with Crippen molar-refractivity contribution in [2.45, 2.75) is 39.3 Å². The summed E-state index contributed by atoms with van der Waals surface area (Å²) in [5.74, 6) is -0.328. The molecule has 1 aromatic carbocycles. The Bertz CT molecular complexity index is 771. The van der Waals surface area contributed by atoms with Gasteiger partial charge in [-0.1, -0.05) is 23.9 Å². The molecule has 0 bridgehead atoms. The van der Waals surface area contributed by atoms with Gasteiger partial charge in [-0.15, -0.1) is 0 Å². The molecule has 1 atom stereocenters. The van der Waals surface area contributed by atoms with E-state index in [1.807, 2.05) is 0 Å². The number of benzene rings is 1. The van der Waals surface area contributed by atoms with E-state index in [1.165, 1.54) is 28.8 Å². The van der Waals surface area contributed by atoms with Crippen LogP contribution in [0.2, 0.25) is 0 Å². The first-order valence-electron chi connectivity index (χ1n) is 8.09. The maximum absolute atomic E-state index is 13.4. The van der Waals surface area contributed by atoms with E-state index in [9.17, 15) is 14.0 Å². The van der Waals surface area contributed by atoms with Crippen LogP contribution in [0.25, 0.3) is 0 Å². The maximum atomic E-state index is 13.4. The molecule has 0 aromatic heterocycles. The first kappa shape index (κ1) is 17.7. The lowest BCUT2D eigenvalue weighted by Gasteiger charge is -2.39. The van der Waals surface area contributed by atoms with Gasteiger partial charge in [-0.3, -0.25) is 9.69 Å². The van der Waals surface area contributed by atoms with Gasteiger partial charge in [-0.05, 0) is 38.5 Å². The smallest absolute Gasteiger partial charge is 0.338 e. The second kappa shape index (κ2) is 7.00. The highest BCUT2D eigenvalue weighted by Gasteiger charge is 2.41. The number of fused-ring (bicyclic) bond motifs is 1. The number of nitrogens with zero attached hydrogens (tertiary/aromatic N) is 2. The van der Waals surface area contributed by atoms with Crippen LogP contribution in [0.3, 0.4) is 0 Å². The van der Waals surface area contributed by atoms with E-state index in [2.05, 4.69) is 4.99 Å². The number of ether oxygens (including phenoxy) is 1. The van der Waals surface area contributed by atoms with Crippen molar-refractivity contribution >= 4 is 28.8 Å². The van der Waals surface area contributed by atoms with Crippen LogP contribution in [0.15, 0.2) is 40.5 Å². The van der Waals surface area contributed by atoms with Crippen LogP contribution in [0.4, 0.5) is 4.39 Å². The van der Waals surface area contributed by atoms with E-state index < -0.39 is 12.0 Å². The predicted octanol–water partition coefficient (Wildman–Crippen LogP) is 3.43. The quantitative estimate of drug-likeness (QED) is 0.773. The van der Waals surface area contributed by atoms with Gasteiger partial charge in [-0.2, -0.15) is 0 Å². The van der Waals surface area contributed by atoms with Gasteiger partial charge in [0.05, 0.1) is 23.4 Å². The van der Waals surface area contributed by atoms with Crippen LogP contribution in [-0.2, 0) is 14.3 Å². The summed E-state index contributed by atoms with van der Waals surface area (Å²) in [7, 11) is 0. The van der Waals surface area contributed by atoms with Crippen LogP contribution >= 0.6 is 11.8 Å². The Kier molecular flexibility index (Phi) is 4.94. The van der Waals surface area contributed by atoms with Gasteiger partial charge in [0, 0.05) is 12.2 Å². The largest absolute Gasteiger partial charge is 0.459 e. The summed E-state index contributed by atoms with van der Waals surface area (Å²) in [5, 5.41) is 0.573. The molecule has 25 heavy (non-hydrogen) atoms. The molecular weight excluding hydrogens is 343 g/mol. The molecule has 0 N–H and O–H groups in total. The molecule has 0 aliphatic carbocycles. The van der Waals surface area contributed by atoms with E-state index >= 15 is 0 Å². The molecule has 132 valence electrons. The zero-order valence-electron chi connectivity index (χ0n) is 14.3. The maximum Gasteiger partial charge on any atom is 0.338 e. The summed E-state index contributed by atoms with van der Waals surface area (Å²) >= 11 is 1.48. The molecule has 0 spiro atoms. The molecule has 3 rings (SSSR count). The van der Waals surface area contributed by atoms with E-state index in [-0.39, 0.29) is 17.8 Å². The number of carbonyl (C=O) groups is 2. The summed E-state index contributed by atoms with van der Waals surface area (Å²) in [6, 6.07) is 5.17. The van der Waals surface area contributed by atoms with E-state index in [4.69, 9.17) is 4.74 Å².